The normalized spacial score (nSPS) is 25.1. The van der Waals surface area contributed by atoms with Crippen LogP contribution in [0.1, 0.15) is 33.1 Å². The standard InChI is InChI=1S/C21H31N3O5S/c1-14(2)11-19(23(3)21(26)27)20(25)22-18-10-9-15-12-24(13-17(15)18)30(28,29)16-7-5-4-6-8-16/h4-8,14-15,17-19H,9-13H2,1-3H3,(H,22,25)(H,26,27)/t15-,17+,18+,19-/m0/s1. The van der Waals surface area contributed by atoms with Gasteiger partial charge in [-0.25, -0.2) is 13.2 Å². The number of nitrogens with zero attached hydrogens (tertiary/aromatic N) is 2. The summed E-state index contributed by atoms with van der Waals surface area (Å²) in [5.41, 5.74) is 0. The van der Waals surface area contributed by atoms with E-state index in [0.29, 0.717) is 19.5 Å². The van der Waals surface area contributed by atoms with E-state index in [1.165, 1.54) is 11.4 Å². The summed E-state index contributed by atoms with van der Waals surface area (Å²) >= 11 is 0. The first-order valence-corrected chi connectivity index (χ1v) is 11.9. The van der Waals surface area contributed by atoms with Crippen LogP contribution in [0, 0.1) is 17.8 Å². The molecule has 1 heterocycles. The molecule has 0 spiro atoms. The average molecular weight is 438 g/mol. The molecule has 9 heteroatoms. The second-order valence-electron chi connectivity index (χ2n) is 8.79. The van der Waals surface area contributed by atoms with Crippen LogP contribution in [0.3, 0.4) is 0 Å². The molecule has 1 aromatic carbocycles. The van der Waals surface area contributed by atoms with Crippen LogP contribution in [-0.2, 0) is 14.8 Å². The average Bonchev–Trinajstić information content (AvgIpc) is 3.28. The van der Waals surface area contributed by atoms with Crippen molar-refractivity contribution in [3.05, 3.63) is 30.3 Å². The van der Waals surface area contributed by atoms with Gasteiger partial charge in [0, 0.05) is 26.2 Å². The highest BCUT2D eigenvalue weighted by Gasteiger charge is 2.47. The SMILES string of the molecule is CC(C)C[C@@H](C(=O)N[C@@H]1CC[C@H]2CN(S(=O)(=O)c3ccccc3)C[C@H]21)N(C)C(=O)O. The number of carboxylic acid groups (broad SMARTS) is 1. The Morgan fingerprint density at radius 3 is 2.47 bits per heavy atom. The van der Waals surface area contributed by atoms with Gasteiger partial charge in [-0.2, -0.15) is 4.31 Å². The van der Waals surface area contributed by atoms with Gasteiger partial charge in [0.2, 0.25) is 15.9 Å². The van der Waals surface area contributed by atoms with E-state index in [1.54, 1.807) is 30.3 Å². The predicted octanol–water partition coefficient (Wildman–Crippen LogP) is 2.23. The highest BCUT2D eigenvalue weighted by Crippen LogP contribution is 2.40. The highest BCUT2D eigenvalue weighted by molar-refractivity contribution is 7.89. The van der Waals surface area contributed by atoms with Crippen molar-refractivity contribution in [1.82, 2.24) is 14.5 Å². The molecule has 3 rings (SSSR count). The molecular formula is C21H31N3O5S. The quantitative estimate of drug-likeness (QED) is 0.680. The van der Waals surface area contributed by atoms with Crippen molar-refractivity contribution in [1.29, 1.82) is 0 Å². The number of amides is 2. The summed E-state index contributed by atoms with van der Waals surface area (Å²) in [7, 11) is -2.14. The number of benzene rings is 1. The minimum Gasteiger partial charge on any atom is -0.465 e. The molecule has 2 aliphatic rings. The lowest BCUT2D eigenvalue weighted by atomic mass is 9.96. The Morgan fingerprint density at radius 1 is 1.20 bits per heavy atom. The molecule has 1 aliphatic heterocycles. The first kappa shape index (κ1) is 22.6. The van der Waals surface area contributed by atoms with E-state index < -0.39 is 22.2 Å². The Kier molecular flexibility index (Phi) is 6.71. The molecule has 0 aromatic heterocycles. The first-order valence-electron chi connectivity index (χ1n) is 10.4. The number of sulfonamides is 1. The number of rotatable bonds is 7. The smallest absolute Gasteiger partial charge is 0.407 e. The molecule has 0 radical (unpaired) electrons. The monoisotopic (exact) mass is 437 g/mol. The third kappa shape index (κ3) is 4.62. The highest BCUT2D eigenvalue weighted by atomic mass is 32.2. The van der Waals surface area contributed by atoms with Crippen molar-refractivity contribution in [3.8, 4) is 0 Å². The second kappa shape index (κ2) is 8.93. The van der Waals surface area contributed by atoms with Crippen molar-refractivity contribution in [2.45, 2.75) is 50.1 Å². The van der Waals surface area contributed by atoms with Crippen LogP contribution in [0.5, 0.6) is 0 Å². The Balaban J connectivity index is 1.69. The molecule has 166 valence electrons. The fourth-order valence-corrected chi connectivity index (χ4v) is 6.20. The summed E-state index contributed by atoms with van der Waals surface area (Å²) in [6, 6.07) is 7.50. The molecule has 1 saturated heterocycles. The van der Waals surface area contributed by atoms with Crippen LogP contribution in [-0.4, -0.2) is 67.0 Å². The largest absolute Gasteiger partial charge is 0.465 e. The van der Waals surface area contributed by atoms with E-state index in [2.05, 4.69) is 5.32 Å². The van der Waals surface area contributed by atoms with Crippen LogP contribution in [0.2, 0.25) is 0 Å². The van der Waals surface area contributed by atoms with E-state index >= 15 is 0 Å². The van der Waals surface area contributed by atoms with Crippen LogP contribution < -0.4 is 5.32 Å². The van der Waals surface area contributed by atoms with Gasteiger partial charge < -0.3 is 10.4 Å². The summed E-state index contributed by atoms with van der Waals surface area (Å²) in [6.45, 7) is 4.73. The second-order valence-corrected chi connectivity index (χ2v) is 10.7. The summed E-state index contributed by atoms with van der Waals surface area (Å²) in [6.07, 6.45) is 0.927. The van der Waals surface area contributed by atoms with Crippen molar-refractivity contribution in [2.75, 3.05) is 20.1 Å². The maximum atomic E-state index is 13.0. The first-order chi connectivity index (χ1) is 14.1. The fraction of sp³-hybridized carbons (Fsp3) is 0.619. The molecule has 2 fully saturated rings. The number of carbonyl (C=O) groups excluding carboxylic acids is 1. The molecule has 30 heavy (non-hydrogen) atoms. The number of hydrogen-bond acceptors (Lipinski definition) is 4. The van der Waals surface area contributed by atoms with Crippen LogP contribution in [0.4, 0.5) is 4.79 Å². The van der Waals surface area contributed by atoms with E-state index in [1.807, 2.05) is 13.8 Å². The summed E-state index contributed by atoms with van der Waals surface area (Å²) in [5, 5.41) is 12.4. The van der Waals surface area contributed by atoms with Gasteiger partial charge in [-0.15, -0.1) is 0 Å². The predicted molar refractivity (Wildman–Crippen MR) is 112 cm³/mol. The molecule has 2 amide bonds. The third-order valence-electron chi connectivity index (χ3n) is 6.30. The van der Waals surface area contributed by atoms with E-state index in [0.717, 1.165) is 17.7 Å². The Morgan fingerprint density at radius 2 is 1.87 bits per heavy atom. The van der Waals surface area contributed by atoms with Gasteiger partial charge in [0.1, 0.15) is 6.04 Å². The zero-order valence-corrected chi connectivity index (χ0v) is 18.5. The summed E-state index contributed by atoms with van der Waals surface area (Å²) in [5.74, 6) is 0.109. The van der Waals surface area contributed by atoms with Crippen LogP contribution >= 0.6 is 0 Å². The number of hydrogen-bond donors (Lipinski definition) is 2. The Bertz CT molecular complexity index is 874. The topological polar surface area (TPSA) is 107 Å². The molecule has 2 N–H and O–H groups in total. The molecule has 1 aliphatic carbocycles. The number of nitrogens with one attached hydrogen (secondary N) is 1. The van der Waals surface area contributed by atoms with Gasteiger partial charge in [0.25, 0.3) is 0 Å². The van der Waals surface area contributed by atoms with Gasteiger partial charge in [0.15, 0.2) is 0 Å². The van der Waals surface area contributed by atoms with Crippen molar-refractivity contribution in [3.63, 3.8) is 0 Å². The van der Waals surface area contributed by atoms with Gasteiger partial charge >= 0.3 is 6.09 Å². The molecule has 0 bridgehead atoms. The minimum atomic E-state index is -3.55. The Labute approximate surface area is 178 Å². The van der Waals surface area contributed by atoms with Gasteiger partial charge in [-0.3, -0.25) is 9.69 Å². The van der Waals surface area contributed by atoms with Gasteiger partial charge in [-0.1, -0.05) is 32.0 Å². The number of carbonyl (C=O) groups is 2. The van der Waals surface area contributed by atoms with Gasteiger partial charge in [-0.05, 0) is 49.1 Å². The maximum Gasteiger partial charge on any atom is 0.407 e. The van der Waals surface area contributed by atoms with Crippen molar-refractivity contribution < 1.29 is 23.1 Å². The zero-order chi connectivity index (χ0) is 22.1. The van der Waals surface area contributed by atoms with Crippen molar-refractivity contribution >= 4 is 22.0 Å². The Hall–Kier alpha value is -2.13. The molecular weight excluding hydrogens is 406 g/mol. The molecule has 0 unspecified atom stereocenters. The molecule has 4 atom stereocenters. The molecule has 1 saturated carbocycles. The van der Waals surface area contributed by atoms with Crippen LogP contribution in [0.15, 0.2) is 35.2 Å². The zero-order valence-electron chi connectivity index (χ0n) is 17.7. The number of fused-ring (bicyclic) bond motifs is 1. The molecule has 1 aromatic rings. The van der Waals surface area contributed by atoms with Crippen LogP contribution in [0.25, 0.3) is 0 Å². The lowest BCUT2D eigenvalue weighted by Crippen LogP contribution is -2.51. The number of likely N-dealkylation sites (N-methyl/N-ethyl adjacent to an activating group) is 1. The van der Waals surface area contributed by atoms with Crippen molar-refractivity contribution in [2.24, 2.45) is 17.8 Å². The van der Waals surface area contributed by atoms with E-state index in [9.17, 15) is 23.1 Å². The fourth-order valence-electron chi connectivity index (χ4n) is 4.64. The van der Waals surface area contributed by atoms with E-state index in [4.69, 9.17) is 0 Å². The van der Waals surface area contributed by atoms with E-state index in [-0.39, 0.29) is 34.6 Å². The summed E-state index contributed by atoms with van der Waals surface area (Å²) in [4.78, 5) is 25.7. The summed E-state index contributed by atoms with van der Waals surface area (Å²) < 4.78 is 27.4. The lowest BCUT2D eigenvalue weighted by Gasteiger charge is -2.29. The lowest BCUT2D eigenvalue weighted by molar-refractivity contribution is -0.127. The third-order valence-corrected chi connectivity index (χ3v) is 8.14. The minimum absolute atomic E-state index is 0.0438. The van der Waals surface area contributed by atoms with Gasteiger partial charge in [0.05, 0.1) is 4.90 Å². The maximum absolute atomic E-state index is 13.0. The molecule has 8 nitrogen and oxygen atoms in total.